The molecule has 8 aromatic carbocycles. The summed E-state index contributed by atoms with van der Waals surface area (Å²) in [6.45, 7) is 4.65. The average Bonchev–Trinajstić information content (AvgIpc) is 3.86. The molecule has 4 heterocycles. The lowest BCUT2D eigenvalue weighted by atomic mass is 9.70. The van der Waals surface area contributed by atoms with Crippen molar-refractivity contribution in [3.05, 3.63) is 157 Å². The summed E-state index contributed by atoms with van der Waals surface area (Å²) < 4.78 is 4.91. The molecule has 0 saturated carbocycles. The fraction of sp³-hybridized carbons (Fsp3) is 0.0612. The lowest BCUT2D eigenvalue weighted by Gasteiger charge is -2.34. The predicted octanol–water partition coefficient (Wildman–Crippen LogP) is 12.5. The SMILES string of the molecule is CC1(C)c2ccccc2-c2nc(-n3c4ccc5ccccc5c4c4c5ccccc5c5c(c6cccc7c8ccccc8n5c76)c43)nc3cccc1c23. The second-order valence-corrected chi connectivity index (χ2v) is 15.3. The third-order valence-corrected chi connectivity index (χ3v) is 12.4. The Morgan fingerprint density at radius 1 is 0.434 bits per heavy atom. The number of hydrogen-bond donors (Lipinski definition) is 0. The predicted molar refractivity (Wildman–Crippen MR) is 221 cm³/mol. The Bertz CT molecular complexity index is 3600. The van der Waals surface area contributed by atoms with Crippen molar-refractivity contribution in [2.75, 3.05) is 0 Å². The van der Waals surface area contributed by atoms with E-state index >= 15 is 0 Å². The van der Waals surface area contributed by atoms with Gasteiger partial charge in [-0.1, -0.05) is 141 Å². The first kappa shape index (κ1) is 27.9. The summed E-state index contributed by atoms with van der Waals surface area (Å²) in [4.78, 5) is 11.2. The highest BCUT2D eigenvalue weighted by Gasteiger charge is 2.35. The van der Waals surface area contributed by atoms with Gasteiger partial charge in [0.25, 0.3) is 0 Å². The van der Waals surface area contributed by atoms with E-state index in [2.05, 4.69) is 168 Å². The molecule has 53 heavy (non-hydrogen) atoms. The van der Waals surface area contributed by atoms with Gasteiger partial charge in [-0.05, 0) is 45.5 Å². The van der Waals surface area contributed by atoms with Crippen molar-refractivity contribution in [1.29, 1.82) is 0 Å². The zero-order valence-corrected chi connectivity index (χ0v) is 29.1. The molecule has 4 nitrogen and oxygen atoms in total. The molecule has 12 aromatic rings. The van der Waals surface area contributed by atoms with Crippen LogP contribution in [0.15, 0.2) is 146 Å². The summed E-state index contributed by atoms with van der Waals surface area (Å²) in [7, 11) is 0. The maximum Gasteiger partial charge on any atom is 0.235 e. The van der Waals surface area contributed by atoms with Crippen molar-refractivity contribution in [3.63, 3.8) is 0 Å². The van der Waals surface area contributed by atoms with Gasteiger partial charge < -0.3 is 4.40 Å². The van der Waals surface area contributed by atoms with E-state index in [1.54, 1.807) is 0 Å². The van der Waals surface area contributed by atoms with Gasteiger partial charge in [0, 0.05) is 54.1 Å². The third kappa shape index (κ3) is 3.21. The van der Waals surface area contributed by atoms with Crippen LogP contribution in [0.5, 0.6) is 0 Å². The van der Waals surface area contributed by atoms with E-state index in [1.807, 2.05) is 0 Å². The molecule has 0 bridgehead atoms. The van der Waals surface area contributed by atoms with Crippen LogP contribution < -0.4 is 0 Å². The summed E-state index contributed by atoms with van der Waals surface area (Å²) in [5.74, 6) is 0.695. The molecule has 0 spiro atoms. The molecule has 0 aliphatic heterocycles. The first-order chi connectivity index (χ1) is 26.1. The maximum atomic E-state index is 5.65. The Hall–Kier alpha value is -6.78. The summed E-state index contributed by atoms with van der Waals surface area (Å²) in [6, 6.07) is 53.4. The van der Waals surface area contributed by atoms with Gasteiger partial charge in [-0.3, -0.25) is 4.57 Å². The number of rotatable bonds is 1. The molecule has 0 fully saturated rings. The van der Waals surface area contributed by atoms with Crippen LogP contribution in [0.4, 0.5) is 0 Å². The summed E-state index contributed by atoms with van der Waals surface area (Å²) >= 11 is 0. The largest absolute Gasteiger partial charge is 0.307 e. The summed E-state index contributed by atoms with van der Waals surface area (Å²) in [5, 5.41) is 13.6. The van der Waals surface area contributed by atoms with E-state index in [9.17, 15) is 0 Å². The zero-order chi connectivity index (χ0) is 34.7. The molecule has 4 aromatic heterocycles. The standard InChI is InChI=1S/C49H30N4/c1-49(2)35-21-9-7-18-33(35)44-43-36(49)22-12-23-37(43)50-48(51-44)53-39-26-25-27-13-3-4-14-28(27)40(39)41-30-16-5-6-17-32(30)46-42(47(41)53)34-20-11-19-31-29-15-8-10-24-38(29)52(46)45(31)34/h3-26H,1-2H3. The Morgan fingerprint density at radius 3 is 2.02 bits per heavy atom. The Morgan fingerprint density at radius 2 is 1.11 bits per heavy atom. The van der Waals surface area contributed by atoms with Crippen LogP contribution in [0.3, 0.4) is 0 Å². The zero-order valence-electron chi connectivity index (χ0n) is 29.1. The number of nitrogens with zero attached hydrogens (tertiary/aromatic N) is 4. The highest BCUT2D eigenvalue weighted by Crippen LogP contribution is 2.51. The van der Waals surface area contributed by atoms with Gasteiger partial charge in [0.15, 0.2) is 0 Å². The molecule has 1 aliphatic rings. The fourth-order valence-electron chi connectivity index (χ4n) is 10.2. The molecule has 0 radical (unpaired) electrons. The molecule has 0 atom stereocenters. The maximum absolute atomic E-state index is 5.65. The third-order valence-electron chi connectivity index (χ3n) is 12.4. The Balaban J connectivity index is 1.33. The van der Waals surface area contributed by atoms with E-state index in [4.69, 9.17) is 9.97 Å². The first-order valence-electron chi connectivity index (χ1n) is 18.4. The van der Waals surface area contributed by atoms with Crippen LogP contribution in [0, 0.1) is 0 Å². The van der Waals surface area contributed by atoms with Gasteiger partial charge in [0.2, 0.25) is 5.95 Å². The van der Waals surface area contributed by atoms with E-state index < -0.39 is 0 Å². The number of hydrogen-bond acceptors (Lipinski definition) is 2. The van der Waals surface area contributed by atoms with Gasteiger partial charge in [0.1, 0.15) is 0 Å². The molecule has 4 heteroatoms. The highest BCUT2D eigenvalue weighted by atomic mass is 15.2. The normalized spacial score (nSPS) is 14.0. The molecule has 1 aliphatic carbocycles. The van der Waals surface area contributed by atoms with E-state index in [-0.39, 0.29) is 5.41 Å². The van der Waals surface area contributed by atoms with Crippen molar-refractivity contribution < 1.29 is 0 Å². The summed E-state index contributed by atoms with van der Waals surface area (Å²) in [5.41, 5.74) is 11.5. The topological polar surface area (TPSA) is 35.1 Å². The second kappa shape index (κ2) is 9.36. The average molecular weight is 675 g/mol. The van der Waals surface area contributed by atoms with Crippen LogP contribution in [-0.4, -0.2) is 18.9 Å². The van der Waals surface area contributed by atoms with Crippen LogP contribution in [0.1, 0.15) is 25.0 Å². The molecule has 0 amide bonds. The van der Waals surface area contributed by atoms with E-state index in [1.165, 1.54) is 87.1 Å². The number of aromatic nitrogens is 4. The number of benzene rings is 8. The molecular formula is C49H30N4. The van der Waals surface area contributed by atoms with Gasteiger partial charge >= 0.3 is 0 Å². The minimum atomic E-state index is -0.172. The lowest BCUT2D eigenvalue weighted by molar-refractivity contribution is 0.643. The first-order valence-corrected chi connectivity index (χ1v) is 18.4. The van der Waals surface area contributed by atoms with E-state index in [0.717, 1.165) is 27.6 Å². The van der Waals surface area contributed by atoms with Crippen LogP contribution in [0.25, 0.3) is 110 Å². The molecule has 13 rings (SSSR count). The Labute approximate surface area is 303 Å². The van der Waals surface area contributed by atoms with Crippen LogP contribution >= 0.6 is 0 Å². The van der Waals surface area contributed by atoms with Crippen molar-refractivity contribution in [1.82, 2.24) is 18.9 Å². The van der Waals surface area contributed by atoms with Crippen LogP contribution in [0.2, 0.25) is 0 Å². The monoisotopic (exact) mass is 674 g/mol. The highest BCUT2D eigenvalue weighted by molar-refractivity contribution is 6.41. The molecule has 0 saturated heterocycles. The molecule has 0 unspecified atom stereocenters. The fourth-order valence-corrected chi connectivity index (χ4v) is 10.2. The smallest absolute Gasteiger partial charge is 0.235 e. The molecule has 246 valence electrons. The minimum Gasteiger partial charge on any atom is -0.307 e. The number of para-hydroxylation sites is 2. The van der Waals surface area contributed by atoms with Crippen molar-refractivity contribution in [3.8, 4) is 17.2 Å². The summed E-state index contributed by atoms with van der Waals surface area (Å²) in [6.07, 6.45) is 0. The van der Waals surface area contributed by atoms with Crippen molar-refractivity contribution >= 4 is 92.3 Å². The van der Waals surface area contributed by atoms with Gasteiger partial charge in [-0.2, -0.15) is 0 Å². The number of fused-ring (bicyclic) bond motifs is 17. The lowest BCUT2D eigenvalue weighted by Crippen LogP contribution is -2.24. The molecule has 0 N–H and O–H groups in total. The second-order valence-electron chi connectivity index (χ2n) is 15.3. The molecular weight excluding hydrogens is 645 g/mol. The van der Waals surface area contributed by atoms with E-state index in [0.29, 0.717) is 5.95 Å². The van der Waals surface area contributed by atoms with Gasteiger partial charge in [-0.25, -0.2) is 9.97 Å². The Kier molecular flexibility index (Phi) is 4.92. The van der Waals surface area contributed by atoms with Crippen molar-refractivity contribution in [2.45, 2.75) is 19.3 Å². The van der Waals surface area contributed by atoms with Crippen LogP contribution in [-0.2, 0) is 5.41 Å². The quantitative estimate of drug-likeness (QED) is 0.174. The van der Waals surface area contributed by atoms with Gasteiger partial charge in [0.05, 0.1) is 38.8 Å². The minimum absolute atomic E-state index is 0.172. The van der Waals surface area contributed by atoms with Crippen molar-refractivity contribution in [2.24, 2.45) is 0 Å². The van der Waals surface area contributed by atoms with Gasteiger partial charge in [-0.15, -0.1) is 0 Å².